The number of carbonyl (C=O) groups is 1. The summed E-state index contributed by atoms with van der Waals surface area (Å²) in [5.41, 5.74) is 0.658. The molecule has 1 rings (SSSR count). The van der Waals surface area contributed by atoms with E-state index in [1.54, 1.807) is 32.2 Å². The molecule has 0 bridgehead atoms. The van der Waals surface area contributed by atoms with Crippen molar-refractivity contribution in [2.75, 3.05) is 7.11 Å². The van der Waals surface area contributed by atoms with Gasteiger partial charge in [0.1, 0.15) is 5.25 Å². The molecule has 1 aromatic rings. The van der Waals surface area contributed by atoms with Crippen molar-refractivity contribution < 1.29 is 18.8 Å². The Morgan fingerprint density at radius 1 is 1.56 bits per heavy atom. The second-order valence-corrected chi connectivity index (χ2v) is 5.76. The smallest absolute Gasteiger partial charge is 0.319 e. The summed E-state index contributed by atoms with van der Waals surface area (Å²) in [5.74, 6) is -0.706. The van der Waals surface area contributed by atoms with E-state index in [0.29, 0.717) is 11.4 Å². The topological polar surface area (TPSA) is 76.5 Å². The number of carboxylic acid groups (broad SMARTS) is 1. The fraction of sp³-hybridized carbons (Fsp3) is 0.500. The highest BCUT2D eigenvalue weighted by molar-refractivity contribution is 7.85. The van der Waals surface area contributed by atoms with E-state index in [0.717, 1.165) is 0 Å². The fourth-order valence-corrected chi connectivity index (χ4v) is 3.20. The van der Waals surface area contributed by atoms with Crippen LogP contribution in [0.15, 0.2) is 18.3 Å². The highest BCUT2D eigenvalue weighted by Crippen LogP contribution is 2.19. The lowest BCUT2D eigenvalue weighted by Gasteiger charge is -2.16. The number of hydrogen-bond donors (Lipinski definition) is 1. The first-order valence-corrected chi connectivity index (χ1v) is 6.93. The summed E-state index contributed by atoms with van der Waals surface area (Å²) in [6, 6.07) is 3.45. The van der Waals surface area contributed by atoms with Crippen molar-refractivity contribution in [1.82, 2.24) is 4.98 Å². The Balaban J connectivity index is 2.89. The van der Waals surface area contributed by atoms with Crippen molar-refractivity contribution >= 4 is 16.8 Å². The Hall–Kier alpha value is -1.43. The van der Waals surface area contributed by atoms with Gasteiger partial charge in [-0.25, -0.2) is 4.98 Å². The van der Waals surface area contributed by atoms with Crippen LogP contribution in [0.1, 0.15) is 19.4 Å². The third-order valence-electron chi connectivity index (χ3n) is 2.47. The number of aromatic nitrogens is 1. The number of pyridine rings is 1. The highest BCUT2D eigenvalue weighted by Gasteiger charge is 2.28. The molecule has 0 aliphatic heterocycles. The molecule has 1 aromatic heterocycles. The van der Waals surface area contributed by atoms with E-state index >= 15 is 0 Å². The van der Waals surface area contributed by atoms with E-state index in [-0.39, 0.29) is 11.7 Å². The largest absolute Gasteiger partial charge is 0.481 e. The SMILES string of the molecule is COc1ncccc1CS(=O)C(C(=O)O)C(C)C. The average Bonchev–Trinajstić information content (AvgIpc) is 2.28. The van der Waals surface area contributed by atoms with Crippen molar-refractivity contribution in [2.45, 2.75) is 24.9 Å². The van der Waals surface area contributed by atoms with Crippen LogP contribution in [0.3, 0.4) is 0 Å². The zero-order valence-corrected chi connectivity index (χ0v) is 11.4. The van der Waals surface area contributed by atoms with E-state index in [2.05, 4.69) is 4.98 Å². The number of aliphatic carboxylic acids is 1. The van der Waals surface area contributed by atoms with Gasteiger partial charge in [0.05, 0.1) is 12.9 Å². The Labute approximate surface area is 109 Å². The molecule has 18 heavy (non-hydrogen) atoms. The Kier molecular flexibility index (Phi) is 5.27. The van der Waals surface area contributed by atoms with Crippen LogP contribution in [0.25, 0.3) is 0 Å². The predicted molar refractivity (Wildman–Crippen MR) is 68.9 cm³/mol. The van der Waals surface area contributed by atoms with Gasteiger partial charge >= 0.3 is 5.97 Å². The van der Waals surface area contributed by atoms with Crippen LogP contribution in [0.2, 0.25) is 0 Å². The minimum Gasteiger partial charge on any atom is -0.481 e. The van der Waals surface area contributed by atoms with E-state index in [4.69, 9.17) is 9.84 Å². The molecule has 0 aromatic carbocycles. The zero-order valence-electron chi connectivity index (χ0n) is 10.6. The lowest BCUT2D eigenvalue weighted by molar-refractivity contribution is -0.137. The molecule has 5 nitrogen and oxygen atoms in total. The third kappa shape index (κ3) is 3.53. The molecule has 0 spiro atoms. The Morgan fingerprint density at radius 2 is 2.22 bits per heavy atom. The van der Waals surface area contributed by atoms with Crippen LogP contribution in [0.4, 0.5) is 0 Å². The van der Waals surface area contributed by atoms with Gasteiger partial charge in [-0.05, 0) is 12.0 Å². The third-order valence-corrected chi connectivity index (χ3v) is 4.38. The number of nitrogens with zero attached hydrogens (tertiary/aromatic N) is 1. The number of hydrogen-bond acceptors (Lipinski definition) is 4. The van der Waals surface area contributed by atoms with Gasteiger partial charge in [-0.1, -0.05) is 19.9 Å². The van der Waals surface area contributed by atoms with Gasteiger partial charge in [0, 0.05) is 22.6 Å². The van der Waals surface area contributed by atoms with Gasteiger partial charge in [0.15, 0.2) is 0 Å². The van der Waals surface area contributed by atoms with E-state index in [9.17, 15) is 9.00 Å². The van der Waals surface area contributed by atoms with Crippen molar-refractivity contribution in [3.8, 4) is 5.88 Å². The molecule has 0 aliphatic carbocycles. The molecule has 0 fully saturated rings. The molecule has 0 saturated carbocycles. The maximum Gasteiger partial charge on any atom is 0.319 e. The van der Waals surface area contributed by atoms with Crippen molar-refractivity contribution in [1.29, 1.82) is 0 Å². The van der Waals surface area contributed by atoms with Gasteiger partial charge in [0.2, 0.25) is 5.88 Å². The number of methoxy groups -OCH3 is 1. The summed E-state index contributed by atoms with van der Waals surface area (Å²) in [7, 11) is -0.0224. The molecule has 0 radical (unpaired) electrons. The van der Waals surface area contributed by atoms with E-state index in [1.807, 2.05) is 0 Å². The van der Waals surface area contributed by atoms with Crippen LogP contribution in [0.5, 0.6) is 5.88 Å². The Bertz CT molecular complexity index is 447. The van der Waals surface area contributed by atoms with Gasteiger partial charge in [0.25, 0.3) is 0 Å². The molecule has 100 valence electrons. The first-order valence-electron chi connectivity index (χ1n) is 5.55. The van der Waals surface area contributed by atoms with Crippen LogP contribution in [0, 0.1) is 5.92 Å². The summed E-state index contributed by atoms with van der Waals surface area (Å²) < 4.78 is 17.2. The van der Waals surface area contributed by atoms with Gasteiger partial charge in [-0.15, -0.1) is 0 Å². The van der Waals surface area contributed by atoms with E-state index < -0.39 is 22.0 Å². The molecule has 0 aliphatic rings. The standard InChI is InChI=1S/C12H17NO4S/c1-8(2)10(12(14)15)18(16)7-9-5-4-6-13-11(9)17-3/h4-6,8,10H,7H2,1-3H3,(H,14,15). The summed E-state index contributed by atoms with van der Waals surface area (Å²) in [6.45, 7) is 3.49. The summed E-state index contributed by atoms with van der Waals surface area (Å²) in [5, 5.41) is 8.20. The first-order chi connectivity index (χ1) is 8.47. The zero-order chi connectivity index (χ0) is 13.7. The maximum absolute atomic E-state index is 12.1. The molecular formula is C12H17NO4S. The van der Waals surface area contributed by atoms with Crippen LogP contribution in [-0.2, 0) is 21.3 Å². The minimum atomic E-state index is -1.50. The number of rotatable bonds is 6. The summed E-state index contributed by atoms with van der Waals surface area (Å²) in [4.78, 5) is 15.1. The lowest BCUT2D eigenvalue weighted by Crippen LogP contribution is -2.31. The molecule has 0 amide bonds. The predicted octanol–water partition coefficient (Wildman–Crippen LogP) is 1.45. The van der Waals surface area contributed by atoms with Gasteiger partial charge in [-0.2, -0.15) is 0 Å². The molecule has 2 atom stereocenters. The molecule has 1 heterocycles. The van der Waals surface area contributed by atoms with Crippen LogP contribution >= 0.6 is 0 Å². The first kappa shape index (κ1) is 14.6. The minimum absolute atomic E-state index is 0.131. The summed E-state index contributed by atoms with van der Waals surface area (Å²) in [6.07, 6.45) is 1.57. The summed E-state index contributed by atoms with van der Waals surface area (Å²) >= 11 is 0. The van der Waals surface area contributed by atoms with Crippen LogP contribution < -0.4 is 4.74 Å². The van der Waals surface area contributed by atoms with E-state index in [1.165, 1.54) is 7.11 Å². The second kappa shape index (κ2) is 6.49. The quantitative estimate of drug-likeness (QED) is 0.847. The molecular weight excluding hydrogens is 254 g/mol. The second-order valence-electron chi connectivity index (χ2n) is 4.20. The maximum atomic E-state index is 12.1. The van der Waals surface area contributed by atoms with Crippen molar-refractivity contribution in [3.05, 3.63) is 23.9 Å². The van der Waals surface area contributed by atoms with Crippen molar-refractivity contribution in [3.63, 3.8) is 0 Å². The Morgan fingerprint density at radius 3 is 2.72 bits per heavy atom. The highest BCUT2D eigenvalue weighted by atomic mass is 32.2. The van der Waals surface area contributed by atoms with Gasteiger partial charge < -0.3 is 9.84 Å². The van der Waals surface area contributed by atoms with Crippen molar-refractivity contribution in [2.24, 2.45) is 5.92 Å². The average molecular weight is 271 g/mol. The van der Waals surface area contributed by atoms with Crippen LogP contribution in [-0.4, -0.2) is 32.6 Å². The molecule has 6 heteroatoms. The molecule has 1 N–H and O–H groups in total. The number of carboxylic acids is 1. The number of ether oxygens (including phenoxy) is 1. The monoisotopic (exact) mass is 271 g/mol. The molecule has 2 unspecified atom stereocenters. The fourth-order valence-electron chi connectivity index (χ4n) is 1.66. The molecule has 0 saturated heterocycles. The normalized spacial score (nSPS) is 14.2. The lowest BCUT2D eigenvalue weighted by atomic mass is 10.1. The van der Waals surface area contributed by atoms with Gasteiger partial charge in [-0.3, -0.25) is 9.00 Å².